The number of aromatic nitrogens is 4. The highest BCUT2D eigenvalue weighted by Gasteiger charge is 2.18. The Labute approximate surface area is 185 Å². The van der Waals surface area contributed by atoms with Crippen molar-refractivity contribution in [2.75, 3.05) is 19.5 Å². The summed E-state index contributed by atoms with van der Waals surface area (Å²) in [5, 5.41) is 22.5. The summed E-state index contributed by atoms with van der Waals surface area (Å²) in [6, 6.07) is 5.66. The van der Waals surface area contributed by atoms with E-state index in [9.17, 15) is 14.9 Å². The van der Waals surface area contributed by atoms with E-state index in [2.05, 4.69) is 15.5 Å². The monoisotopic (exact) mass is 442 g/mol. The number of carbonyl (C=O) groups excluding carboxylic acids is 1. The molecule has 0 aliphatic carbocycles. The van der Waals surface area contributed by atoms with Crippen LogP contribution in [0.1, 0.15) is 29.1 Å². The molecule has 2 aromatic heterocycles. The molecule has 0 unspecified atom stereocenters. The van der Waals surface area contributed by atoms with Crippen molar-refractivity contribution in [3.8, 4) is 11.5 Å². The Balaban J connectivity index is 1.67. The number of rotatable bonds is 9. The molecule has 11 nitrogen and oxygen atoms in total. The van der Waals surface area contributed by atoms with Crippen molar-refractivity contribution in [3.63, 3.8) is 0 Å². The first-order chi connectivity index (χ1) is 15.2. The van der Waals surface area contributed by atoms with Crippen molar-refractivity contribution >= 4 is 17.3 Å². The standard InChI is InChI=1S/C21H26N6O5/c1-13-17(27(29)30)12-25(23-13)9-8-20(28)22-21-14(2)24-26(15(21)3)11-16-6-7-18(31-4)19(10-16)32-5/h6-7,10,12H,8-9,11H2,1-5H3,(H,22,28). The van der Waals surface area contributed by atoms with Gasteiger partial charge in [0, 0.05) is 13.0 Å². The second kappa shape index (κ2) is 9.50. The van der Waals surface area contributed by atoms with Crippen molar-refractivity contribution in [1.29, 1.82) is 0 Å². The molecule has 11 heteroatoms. The van der Waals surface area contributed by atoms with Crippen LogP contribution in [-0.2, 0) is 17.9 Å². The molecule has 0 radical (unpaired) electrons. The van der Waals surface area contributed by atoms with Gasteiger partial charge in [-0.15, -0.1) is 0 Å². The van der Waals surface area contributed by atoms with Gasteiger partial charge in [0.2, 0.25) is 5.91 Å². The van der Waals surface area contributed by atoms with Crippen LogP contribution in [0.15, 0.2) is 24.4 Å². The normalized spacial score (nSPS) is 10.8. The highest BCUT2D eigenvalue weighted by Crippen LogP contribution is 2.28. The molecule has 0 saturated heterocycles. The van der Waals surface area contributed by atoms with Crippen molar-refractivity contribution in [1.82, 2.24) is 19.6 Å². The van der Waals surface area contributed by atoms with E-state index in [-0.39, 0.29) is 24.6 Å². The number of anilines is 1. The van der Waals surface area contributed by atoms with E-state index in [4.69, 9.17) is 9.47 Å². The van der Waals surface area contributed by atoms with E-state index >= 15 is 0 Å². The molecule has 170 valence electrons. The lowest BCUT2D eigenvalue weighted by atomic mass is 10.2. The third-order valence-electron chi connectivity index (χ3n) is 5.11. The Bertz CT molecular complexity index is 1150. The van der Waals surface area contributed by atoms with Crippen LogP contribution < -0.4 is 14.8 Å². The fourth-order valence-corrected chi connectivity index (χ4v) is 3.40. The molecule has 0 saturated carbocycles. The highest BCUT2D eigenvalue weighted by molar-refractivity contribution is 5.91. The third kappa shape index (κ3) is 4.88. The fourth-order valence-electron chi connectivity index (χ4n) is 3.40. The van der Waals surface area contributed by atoms with Gasteiger partial charge in [-0.25, -0.2) is 0 Å². The lowest BCUT2D eigenvalue weighted by molar-refractivity contribution is -0.385. The lowest BCUT2D eigenvalue weighted by Gasteiger charge is -2.11. The van der Waals surface area contributed by atoms with Crippen LogP contribution in [0.25, 0.3) is 0 Å². The topological polar surface area (TPSA) is 126 Å². The number of methoxy groups -OCH3 is 2. The summed E-state index contributed by atoms with van der Waals surface area (Å²) in [5.74, 6) is 1.06. The average Bonchev–Trinajstić information content (AvgIpc) is 3.26. The molecule has 0 spiro atoms. The first kappa shape index (κ1) is 22.8. The number of nitro groups is 1. The number of aryl methyl sites for hydroxylation is 3. The predicted octanol–water partition coefficient (Wildman–Crippen LogP) is 3.01. The number of hydrogen-bond acceptors (Lipinski definition) is 7. The predicted molar refractivity (Wildman–Crippen MR) is 117 cm³/mol. The summed E-state index contributed by atoms with van der Waals surface area (Å²) in [7, 11) is 3.17. The molecule has 0 atom stereocenters. The Hall–Kier alpha value is -3.89. The molecule has 0 fully saturated rings. The largest absolute Gasteiger partial charge is 0.493 e. The first-order valence-corrected chi connectivity index (χ1v) is 9.96. The minimum Gasteiger partial charge on any atom is -0.493 e. The molecule has 1 amide bonds. The molecule has 2 heterocycles. The number of nitrogens with one attached hydrogen (secondary N) is 1. The number of carbonyl (C=O) groups is 1. The number of ether oxygens (including phenoxy) is 2. The van der Waals surface area contributed by atoms with E-state index < -0.39 is 4.92 Å². The summed E-state index contributed by atoms with van der Waals surface area (Å²) in [4.78, 5) is 22.9. The van der Waals surface area contributed by atoms with Crippen LogP contribution in [0, 0.1) is 30.9 Å². The number of benzene rings is 1. The van der Waals surface area contributed by atoms with Crippen molar-refractivity contribution in [2.45, 2.75) is 40.3 Å². The van der Waals surface area contributed by atoms with Crippen LogP contribution in [0.5, 0.6) is 11.5 Å². The van der Waals surface area contributed by atoms with Gasteiger partial charge in [0.15, 0.2) is 11.5 Å². The van der Waals surface area contributed by atoms with Gasteiger partial charge < -0.3 is 14.8 Å². The Morgan fingerprint density at radius 3 is 2.47 bits per heavy atom. The zero-order valence-corrected chi connectivity index (χ0v) is 18.7. The molecule has 3 rings (SSSR count). The molecule has 3 aromatic rings. The van der Waals surface area contributed by atoms with Gasteiger partial charge in [-0.2, -0.15) is 10.2 Å². The van der Waals surface area contributed by atoms with Crippen LogP contribution in [0.4, 0.5) is 11.4 Å². The minimum atomic E-state index is -0.488. The summed E-state index contributed by atoms with van der Waals surface area (Å²) in [5.41, 5.74) is 3.39. The minimum absolute atomic E-state index is 0.0615. The van der Waals surface area contributed by atoms with Gasteiger partial charge in [0.05, 0.1) is 42.8 Å². The molecule has 0 bridgehead atoms. The molecule has 0 aliphatic heterocycles. The zero-order chi connectivity index (χ0) is 23.4. The van der Waals surface area contributed by atoms with Gasteiger partial charge in [0.1, 0.15) is 11.9 Å². The van der Waals surface area contributed by atoms with Crippen LogP contribution in [0.3, 0.4) is 0 Å². The Morgan fingerprint density at radius 1 is 1.12 bits per heavy atom. The summed E-state index contributed by atoms with van der Waals surface area (Å²) >= 11 is 0. The second-order valence-electron chi connectivity index (χ2n) is 7.31. The summed E-state index contributed by atoms with van der Waals surface area (Å²) < 4.78 is 13.8. The summed E-state index contributed by atoms with van der Waals surface area (Å²) in [6.07, 6.45) is 1.46. The van der Waals surface area contributed by atoms with Crippen molar-refractivity contribution in [3.05, 3.63) is 57.2 Å². The average molecular weight is 442 g/mol. The highest BCUT2D eigenvalue weighted by atomic mass is 16.6. The summed E-state index contributed by atoms with van der Waals surface area (Å²) in [6.45, 7) is 6.01. The SMILES string of the molecule is COc1ccc(Cn2nc(C)c(NC(=O)CCn3cc([N+](=O)[O-])c(C)n3)c2C)cc1OC. The van der Waals surface area contributed by atoms with Crippen molar-refractivity contribution in [2.24, 2.45) is 0 Å². The van der Waals surface area contributed by atoms with E-state index in [1.54, 1.807) is 21.1 Å². The second-order valence-corrected chi connectivity index (χ2v) is 7.31. The van der Waals surface area contributed by atoms with E-state index in [1.807, 2.05) is 36.7 Å². The van der Waals surface area contributed by atoms with E-state index in [0.29, 0.717) is 35.1 Å². The smallest absolute Gasteiger partial charge is 0.309 e. The Kier molecular flexibility index (Phi) is 6.76. The quantitative estimate of drug-likeness (QED) is 0.399. The molecule has 1 aromatic carbocycles. The molecule has 1 N–H and O–H groups in total. The van der Waals surface area contributed by atoms with Crippen LogP contribution >= 0.6 is 0 Å². The van der Waals surface area contributed by atoms with Gasteiger partial charge in [-0.05, 0) is 38.5 Å². The molecular weight excluding hydrogens is 416 g/mol. The number of amides is 1. The first-order valence-electron chi connectivity index (χ1n) is 9.96. The lowest BCUT2D eigenvalue weighted by Crippen LogP contribution is -2.16. The molecule has 0 aliphatic rings. The number of nitrogens with zero attached hydrogens (tertiary/aromatic N) is 5. The van der Waals surface area contributed by atoms with Gasteiger partial charge in [-0.3, -0.25) is 24.3 Å². The van der Waals surface area contributed by atoms with Crippen molar-refractivity contribution < 1.29 is 19.2 Å². The van der Waals surface area contributed by atoms with E-state index in [1.165, 1.54) is 10.9 Å². The molecule has 32 heavy (non-hydrogen) atoms. The maximum atomic E-state index is 12.5. The molecular formula is C21H26N6O5. The third-order valence-corrected chi connectivity index (χ3v) is 5.11. The Morgan fingerprint density at radius 2 is 1.84 bits per heavy atom. The van der Waals surface area contributed by atoms with Gasteiger partial charge >= 0.3 is 5.69 Å². The van der Waals surface area contributed by atoms with E-state index in [0.717, 1.165) is 11.3 Å². The zero-order valence-electron chi connectivity index (χ0n) is 18.7. The fraction of sp³-hybridized carbons (Fsp3) is 0.381. The number of hydrogen-bond donors (Lipinski definition) is 1. The maximum absolute atomic E-state index is 12.5. The van der Waals surface area contributed by atoms with Crippen LogP contribution in [0.2, 0.25) is 0 Å². The van der Waals surface area contributed by atoms with Gasteiger partial charge in [-0.1, -0.05) is 6.07 Å². The van der Waals surface area contributed by atoms with Crippen LogP contribution in [-0.4, -0.2) is 44.6 Å². The maximum Gasteiger partial charge on any atom is 0.309 e. The van der Waals surface area contributed by atoms with Gasteiger partial charge in [0.25, 0.3) is 0 Å².